The minimum atomic E-state index is -4.09. The van der Waals surface area contributed by atoms with E-state index in [2.05, 4.69) is 26.3 Å². The first-order valence-corrected chi connectivity index (χ1v) is 34.6. The number of sulfonamides is 2. The van der Waals surface area contributed by atoms with Crippen LogP contribution in [-0.4, -0.2) is 174 Å². The fourth-order valence-corrected chi connectivity index (χ4v) is 15.3. The molecule has 2 saturated heterocycles. The molecule has 2 aliphatic heterocycles. The normalized spacial score (nSPS) is 17.3. The van der Waals surface area contributed by atoms with E-state index in [1.54, 1.807) is 53.2 Å². The Bertz CT molecular complexity index is 3320. The molecule has 5 aromatic rings. The van der Waals surface area contributed by atoms with Crippen LogP contribution in [0.5, 0.6) is 0 Å². The van der Waals surface area contributed by atoms with Crippen LogP contribution in [0.2, 0.25) is 5.02 Å². The molecule has 89 heavy (non-hydrogen) atoms. The fourth-order valence-electron chi connectivity index (χ4n) is 11.2. The van der Waals surface area contributed by atoms with E-state index in [0.717, 1.165) is 78.9 Å². The molecule has 25 heteroatoms. The van der Waals surface area contributed by atoms with Crippen LogP contribution in [0, 0.1) is 18.3 Å². The molecular formula is C64H85ClN8O13S3. The summed E-state index contributed by atoms with van der Waals surface area (Å²) in [6, 6.07) is 25.2. The van der Waals surface area contributed by atoms with E-state index in [4.69, 9.17) is 30.5 Å². The smallest absolute Gasteiger partial charge is 0.251 e. The molecule has 1 saturated carbocycles. The monoisotopic (exact) mass is 1300 g/mol. The van der Waals surface area contributed by atoms with Crippen molar-refractivity contribution < 1.29 is 60.1 Å². The SMILES string of the molecule is Cc1ncsc1-c1ccc(CNC(=O)[C@@H]2C[C@@H](O)CN2C(=O)[C@@H](NC(=O)COCCOCCOCCOCCNC(=O)c2ccc(CN(CC3CCNCC3)S(=O)(=O)c3ccc(S(=O)(=O)N(Cc4ccc(Cl)cc4)C4CCCC4)cc3)cc2)C(C)(C)C)cc1. The Balaban J connectivity index is 0.697. The van der Waals surface area contributed by atoms with Gasteiger partial charge in [-0.3, -0.25) is 19.2 Å². The number of benzene rings is 4. The minimum absolute atomic E-state index is 0.00330. The topological polar surface area (TPSA) is 264 Å². The predicted molar refractivity (Wildman–Crippen MR) is 340 cm³/mol. The van der Waals surface area contributed by atoms with Crippen molar-refractivity contribution in [1.82, 2.24) is 39.8 Å². The third-order valence-electron chi connectivity index (χ3n) is 16.1. The van der Waals surface area contributed by atoms with Crippen LogP contribution in [-0.2, 0) is 73.0 Å². The Hall–Kier alpha value is -5.74. The number of thiazole rings is 1. The summed E-state index contributed by atoms with van der Waals surface area (Å²) in [5, 5.41) is 23.0. The number of aryl methyl sites for hydroxylation is 1. The molecule has 1 aromatic heterocycles. The summed E-state index contributed by atoms with van der Waals surface area (Å²) in [4.78, 5) is 60.3. The van der Waals surface area contributed by atoms with Gasteiger partial charge < -0.3 is 50.2 Å². The molecule has 5 N–H and O–H groups in total. The molecule has 8 rings (SSSR count). The maximum absolute atomic E-state index is 14.5. The van der Waals surface area contributed by atoms with Crippen molar-refractivity contribution in [3.63, 3.8) is 0 Å². The van der Waals surface area contributed by atoms with Crippen LogP contribution >= 0.6 is 22.9 Å². The molecule has 3 fully saturated rings. The second kappa shape index (κ2) is 33.0. The Kier molecular flexibility index (Phi) is 25.7. The van der Waals surface area contributed by atoms with Crippen LogP contribution in [0.1, 0.15) is 98.5 Å². The van der Waals surface area contributed by atoms with E-state index >= 15 is 0 Å². The third kappa shape index (κ3) is 19.9. The zero-order valence-electron chi connectivity index (χ0n) is 51.2. The molecule has 0 spiro atoms. The van der Waals surface area contributed by atoms with Gasteiger partial charge in [0, 0.05) is 62.3 Å². The van der Waals surface area contributed by atoms with Gasteiger partial charge in [0.15, 0.2) is 0 Å². The average Bonchev–Trinajstić information content (AvgIpc) is 2.46. The highest BCUT2D eigenvalue weighted by Crippen LogP contribution is 2.33. The number of hydrogen-bond donors (Lipinski definition) is 5. The van der Waals surface area contributed by atoms with Crippen LogP contribution < -0.4 is 21.3 Å². The molecule has 0 bridgehead atoms. The summed E-state index contributed by atoms with van der Waals surface area (Å²) in [6.07, 6.45) is 4.17. The first-order chi connectivity index (χ1) is 42.7. The van der Waals surface area contributed by atoms with Gasteiger partial charge in [-0.25, -0.2) is 21.8 Å². The van der Waals surface area contributed by atoms with Gasteiger partial charge in [0.05, 0.1) is 78.2 Å². The molecule has 484 valence electrons. The number of ether oxygens (including phenoxy) is 4. The number of nitrogens with one attached hydrogen (secondary N) is 4. The number of aliphatic hydroxyl groups is 1. The standard InChI is InChI=1S/C64H85ClN8O13S3/c1-45-59(87-44-69-45)50-15-9-46(10-16-50)38-68-62(77)57-37-54(74)42-72(57)63(78)60(64(2,3)4)70-58(75)43-86-36-35-85-34-33-84-32-31-83-30-29-67-61(76)51-17-11-47(12-18-51)39-71(40-49-25-27-66-28-26-49)88(79,80)55-21-23-56(24-22-55)89(81,82)73(53-7-5-6-8-53)41-48-13-19-52(65)20-14-48/h9-24,44,49,53-54,57,60,66,74H,5-8,25-43H2,1-4H3,(H,67,76)(H,68,77)(H,70,75)/t54-,57+,60-/m1/s1. The second-order valence-corrected chi connectivity index (χ2v) is 29.0. The van der Waals surface area contributed by atoms with Crippen molar-refractivity contribution in [3.8, 4) is 10.4 Å². The van der Waals surface area contributed by atoms with E-state index < -0.39 is 61.4 Å². The summed E-state index contributed by atoms with van der Waals surface area (Å²) in [7, 11) is -8.07. The van der Waals surface area contributed by atoms with Gasteiger partial charge >= 0.3 is 0 Å². The van der Waals surface area contributed by atoms with Gasteiger partial charge in [-0.05, 0) is 128 Å². The van der Waals surface area contributed by atoms with Crippen molar-refractivity contribution in [2.24, 2.45) is 11.3 Å². The second-order valence-electron chi connectivity index (χ2n) is 23.9. The predicted octanol–water partition coefficient (Wildman–Crippen LogP) is 6.70. The number of amides is 4. The summed E-state index contributed by atoms with van der Waals surface area (Å²) in [5.74, 6) is -1.57. The summed E-state index contributed by atoms with van der Waals surface area (Å²) in [6.45, 7) is 11.2. The van der Waals surface area contributed by atoms with Crippen molar-refractivity contribution in [3.05, 3.63) is 136 Å². The van der Waals surface area contributed by atoms with Gasteiger partial charge in [-0.2, -0.15) is 8.61 Å². The lowest BCUT2D eigenvalue weighted by molar-refractivity contribution is -0.144. The van der Waals surface area contributed by atoms with E-state index in [9.17, 15) is 41.1 Å². The summed E-state index contributed by atoms with van der Waals surface area (Å²) in [5.41, 5.74) is 5.83. The molecule has 3 atom stereocenters. The summed E-state index contributed by atoms with van der Waals surface area (Å²) >= 11 is 7.68. The molecule has 3 heterocycles. The van der Waals surface area contributed by atoms with Crippen molar-refractivity contribution >= 4 is 66.6 Å². The molecular weight excluding hydrogens is 1220 g/mol. The minimum Gasteiger partial charge on any atom is -0.391 e. The number of aliphatic hydroxyl groups excluding tert-OH is 1. The van der Waals surface area contributed by atoms with Gasteiger partial charge in [-0.15, -0.1) is 11.3 Å². The maximum atomic E-state index is 14.5. The number of hydrogen-bond acceptors (Lipinski definition) is 16. The van der Waals surface area contributed by atoms with Crippen molar-refractivity contribution in [1.29, 1.82) is 0 Å². The van der Waals surface area contributed by atoms with Crippen LogP contribution in [0.25, 0.3) is 10.4 Å². The zero-order valence-corrected chi connectivity index (χ0v) is 54.4. The number of likely N-dealkylation sites (tertiary alicyclic amines) is 1. The van der Waals surface area contributed by atoms with E-state index in [1.165, 1.54) is 37.8 Å². The molecule has 4 amide bonds. The number of aromatic nitrogens is 1. The molecule has 3 aliphatic rings. The highest BCUT2D eigenvalue weighted by molar-refractivity contribution is 7.89. The van der Waals surface area contributed by atoms with Crippen LogP contribution in [0.4, 0.5) is 0 Å². The highest BCUT2D eigenvalue weighted by atomic mass is 35.5. The molecule has 0 radical (unpaired) electrons. The lowest BCUT2D eigenvalue weighted by atomic mass is 9.85. The van der Waals surface area contributed by atoms with Crippen LogP contribution in [0.15, 0.2) is 112 Å². The quantitative estimate of drug-likeness (QED) is 0.0281. The van der Waals surface area contributed by atoms with Crippen molar-refractivity contribution in [2.75, 3.05) is 85.6 Å². The summed E-state index contributed by atoms with van der Waals surface area (Å²) < 4.78 is 82.7. The number of halogens is 1. The molecule has 21 nitrogen and oxygen atoms in total. The number of β-amino-alcohol motifs (C(OH)–C–C–N with tert-alkyl or cyclic N) is 1. The fraction of sp³-hybridized carbons (Fsp3) is 0.516. The Morgan fingerprint density at radius 2 is 1.31 bits per heavy atom. The third-order valence-corrected chi connectivity index (χ3v) is 21.1. The van der Waals surface area contributed by atoms with Gasteiger partial charge in [0.25, 0.3) is 5.91 Å². The zero-order chi connectivity index (χ0) is 63.6. The lowest BCUT2D eigenvalue weighted by Gasteiger charge is -2.35. The Morgan fingerprint density at radius 1 is 0.742 bits per heavy atom. The number of carbonyl (C=O) groups is 4. The van der Waals surface area contributed by atoms with Crippen molar-refractivity contribution in [2.45, 2.75) is 126 Å². The molecule has 4 aromatic carbocycles. The number of piperidine rings is 1. The lowest BCUT2D eigenvalue weighted by Crippen LogP contribution is -2.58. The van der Waals surface area contributed by atoms with E-state index in [-0.39, 0.29) is 126 Å². The average molecular weight is 1310 g/mol. The van der Waals surface area contributed by atoms with Gasteiger partial charge in [0.1, 0.15) is 18.7 Å². The first-order valence-electron chi connectivity index (χ1n) is 30.5. The number of nitrogens with zero attached hydrogens (tertiary/aromatic N) is 4. The molecule has 1 aliphatic carbocycles. The largest absolute Gasteiger partial charge is 0.391 e. The molecule has 0 unspecified atom stereocenters. The number of rotatable bonds is 32. The van der Waals surface area contributed by atoms with E-state index in [1.807, 2.05) is 64.1 Å². The number of carbonyl (C=O) groups excluding carboxylic acids is 4. The highest BCUT2D eigenvalue weighted by Gasteiger charge is 2.45. The van der Waals surface area contributed by atoms with Crippen LogP contribution in [0.3, 0.4) is 0 Å². The van der Waals surface area contributed by atoms with Gasteiger partial charge in [0.2, 0.25) is 37.8 Å². The Morgan fingerprint density at radius 3 is 1.92 bits per heavy atom. The maximum Gasteiger partial charge on any atom is 0.251 e. The Labute approximate surface area is 532 Å². The first kappa shape index (κ1) is 69.2. The van der Waals surface area contributed by atoms with E-state index in [0.29, 0.717) is 16.1 Å². The van der Waals surface area contributed by atoms with Gasteiger partial charge in [-0.1, -0.05) is 93.7 Å².